The van der Waals surface area contributed by atoms with Gasteiger partial charge in [0.15, 0.2) is 6.61 Å². The van der Waals surface area contributed by atoms with Crippen LogP contribution < -0.4 is 4.74 Å². The summed E-state index contributed by atoms with van der Waals surface area (Å²) >= 11 is 0. The number of hydrogen-bond donors (Lipinski definition) is 0. The van der Waals surface area contributed by atoms with Crippen molar-refractivity contribution in [3.8, 4) is 5.75 Å². The van der Waals surface area contributed by atoms with E-state index in [1.807, 2.05) is 31.2 Å². The second-order valence-electron chi connectivity index (χ2n) is 7.36. The zero-order valence-electron chi connectivity index (χ0n) is 15.4. The first-order valence-electron chi connectivity index (χ1n) is 9.37. The Hall–Kier alpha value is -1.59. The molecule has 0 radical (unpaired) electrons. The van der Waals surface area contributed by atoms with Gasteiger partial charge in [-0.2, -0.15) is 0 Å². The number of ether oxygens (including phenoxy) is 2. The summed E-state index contributed by atoms with van der Waals surface area (Å²) in [6, 6.07) is 8.18. The first kappa shape index (κ1) is 18.2. The Labute approximate surface area is 150 Å². The van der Waals surface area contributed by atoms with Crippen molar-refractivity contribution in [3.63, 3.8) is 0 Å². The van der Waals surface area contributed by atoms with Crippen molar-refractivity contribution in [3.05, 3.63) is 29.8 Å². The Morgan fingerprint density at radius 3 is 2.72 bits per heavy atom. The normalized spacial score (nSPS) is 22.1. The monoisotopic (exact) mass is 346 g/mol. The van der Waals surface area contributed by atoms with Crippen LogP contribution in [0.4, 0.5) is 0 Å². The molecule has 1 aromatic rings. The van der Waals surface area contributed by atoms with Gasteiger partial charge >= 0.3 is 0 Å². The number of amides is 1. The molecule has 1 amide bonds. The van der Waals surface area contributed by atoms with Gasteiger partial charge in [-0.15, -0.1) is 0 Å². The predicted octanol–water partition coefficient (Wildman–Crippen LogP) is 2.33. The molecule has 1 aromatic carbocycles. The quantitative estimate of drug-likeness (QED) is 0.793. The minimum atomic E-state index is 0.102. The van der Waals surface area contributed by atoms with Crippen LogP contribution in [-0.2, 0) is 9.53 Å². The Kier molecular flexibility index (Phi) is 6.32. The molecule has 0 aromatic heterocycles. The van der Waals surface area contributed by atoms with E-state index < -0.39 is 0 Å². The molecule has 5 nitrogen and oxygen atoms in total. The summed E-state index contributed by atoms with van der Waals surface area (Å²) < 4.78 is 11.3. The second-order valence-corrected chi connectivity index (χ2v) is 7.36. The standard InChI is InChI=1S/C20H30N2O3/c1-16-5-3-4-6-19(16)25-15-20(23)22(13-17-9-12-24-14-17)18-7-10-21(2)11-8-18/h3-6,17-18H,7-15H2,1-2H3. The van der Waals surface area contributed by atoms with Gasteiger partial charge in [0.05, 0.1) is 6.61 Å². The summed E-state index contributed by atoms with van der Waals surface area (Å²) in [7, 11) is 2.15. The summed E-state index contributed by atoms with van der Waals surface area (Å²) in [6.07, 6.45) is 3.13. The molecule has 0 aliphatic carbocycles. The molecular formula is C20H30N2O3. The minimum Gasteiger partial charge on any atom is -0.484 e. The Bertz CT molecular complexity index is 564. The molecule has 1 unspecified atom stereocenters. The maximum atomic E-state index is 12.9. The largest absolute Gasteiger partial charge is 0.484 e. The van der Waals surface area contributed by atoms with Crippen molar-refractivity contribution in [2.75, 3.05) is 46.5 Å². The molecule has 25 heavy (non-hydrogen) atoms. The number of benzene rings is 1. The molecule has 0 bridgehead atoms. The molecule has 0 spiro atoms. The highest BCUT2D eigenvalue weighted by molar-refractivity contribution is 5.78. The number of carbonyl (C=O) groups is 1. The predicted molar refractivity (Wildman–Crippen MR) is 97.8 cm³/mol. The van der Waals surface area contributed by atoms with Crippen LogP contribution in [0, 0.1) is 12.8 Å². The van der Waals surface area contributed by atoms with E-state index in [0.717, 1.165) is 63.4 Å². The van der Waals surface area contributed by atoms with E-state index >= 15 is 0 Å². The Morgan fingerprint density at radius 2 is 2.04 bits per heavy atom. The Balaban J connectivity index is 1.62. The molecule has 0 N–H and O–H groups in total. The fraction of sp³-hybridized carbons (Fsp3) is 0.650. The van der Waals surface area contributed by atoms with Gasteiger partial charge in [-0.05, 0) is 58.0 Å². The van der Waals surface area contributed by atoms with Crippen molar-refractivity contribution >= 4 is 5.91 Å². The maximum Gasteiger partial charge on any atom is 0.260 e. The van der Waals surface area contributed by atoms with E-state index in [0.29, 0.717) is 12.0 Å². The van der Waals surface area contributed by atoms with Gasteiger partial charge in [-0.3, -0.25) is 4.79 Å². The highest BCUT2D eigenvalue weighted by Crippen LogP contribution is 2.22. The van der Waals surface area contributed by atoms with E-state index in [2.05, 4.69) is 16.8 Å². The average Bonchev–Trinajstić information content (AvgIpc) is 3.13. The number of hydrogen-bond acceptors (Lipinski definition) is 4. The van der Waals surface area contributed by atoms with Crippen molar-refractivity contribution in [2.24, 2.45) is 5.92 Å². The van der Waals surface area contributed by atoms with Crippen molar-refractivity contribution in [1.82, 2.24) is 9.80 Å². The SMILES string of the molecule is Cc1ccccc1OCC(=O)N(CC1CCOC1)C1CCN(C)CC1. The van der Waals surface area contributed by atoms with E-state index in [-0.39, 0.29) is 12.5 Å². The molecule has 2 aliphatic heterocycles. The van der Waals surface area contributed by atoms with Crippen LogP contribution in [-0.4, -0.2) is 68.3 Å². The fourth-order valence-corrected chi connectivity index (χ4v) is 3.71. The van der Waals surface area contributed by atoms with Gasteiger partial charge in [-0.1, -0.05) is 18.2 Å². The van der Waals surface area contributed by atoms with E-state index in [9.17, 15) is 4.79 Å². The van der Waals surface area contributed by atoms with Crippen LogP contribution >= 0.6 is 0 Å². The van der Waals surface area contributed by atoms with Crippen molar-refractivity contribution < 1.29 is 14.3 Å². The van der Waals surface area contributed by atoms with Crippen molar-refractivity contribution in [1.29, 1.82) is 0 Å². The zero-order valence-corrected chi connectivity index (χ0v) is 15.4. The van der Waals surface area contributed by atoms with Crippen LogP contribution in [0.5, 0.6) is 5.75 Å². The van der Waals surface area contributed by atoms with Gasteiger partial charge < -0.3 is 19.3 Å². The summed E-state index contributed by atoms with van der Waals surface area (Å²) in [5.74, 6) is 1.36. The summed E-state index contributed by atoms with van der Waals surface area (Å²) in [6.45, 7) is 6.61. The molecule has 2 heterocycles. The van der Waals surface area contributed by atoms with Crippen LogP contribution in [0.15, 0.2) is 24.3 Å². The third-order valence-corrected chi connectivity index (χ3v) is 5.37. The number of rotatable bonds is 6. The maximum absolute atomic E-state index is 12.9. The third-order valence-electron chi connectivity index (χ3n) is 5.37. The summed E-state index contributed by atoms with van der Waals surface area (Å²) in [5.41, 5.74) is 1.06. The number of piperidine rings is 1. The minimum absolute atomic E-state index is 0.102. The number of likely N-dealkylation sites (tertiary alicyclic amines) is 1. The number of aryl methyl sites for hydroxylation is 1. The molecule has 2 aliphatic rings. The van der Waals surface area contributed by atoms with Gasteiger partial charge in [0.2, 0.25) is 0 Å². The molecule has 1 atom stereocenters. The fourth-order valence-electron chi connectivity index (χ4n) is 3.71. The molecule has 3 rings (SSSR count). The first-order chi connectivity index (χ1) is 12.1. The lowest BCUT2D eigenvalue weighted by Gasteiger charge is -2.38. The first-order valence-corrected chi connectivity index (χ1v) is 9.37. The van der Waals surface area contributed by atoms with Crippen LogP contribution in [0.1, 0.15) is 24.8 Å². The highest BCUT2D eigenvalue weighted by atomic mass is 16.5. The lowest BCUT2D eigenvalue weighted by atomic mass is 10.0. The number of carbonyl (C=O) groups excluding carboxylic acids is 1. The zero-order chi connectivity index (χ0) is 17.6. The smallest absolute Gasteiger partial charge is 0.260 e. The average molecular weight is 346 g/mol. The third kappa shape index (κ3) is 4.95. The molecule has 2 saturated heterocycles. The van der Waals surface area contributed by atoms with Crippen LogP contribution in [0.3, 0.4) is 0 Å². The summed E-state index contributed by atoms with van der Waals surface area (Å²) in [5, 5.41) is 0. The molecular weight excluding hydrogens is 316 g/mol. The summed E-state index contributed by atoms with van der Waals surface area (Å²) in [4.78, 5) is 17.4. The lowest BCUT2D eigenvalue weighted by molar-refractivity contribution is -0.137. The highest BCUT2D eigenvalue weighted by Gasteiger charge is 2.30. The number of para-hydroxylation sites is 1. The van der Waals surface area contributed by atoms with E-state index in [4.69, 9.17) is 9.47 Å². The van der Waals surface area contributed by atoms with Gasteiger partial charge in [-0.25, -0.2) is 0 Å². The van der Waals surface area contributed by atoms with Gasteiger partial charge in [0, 0.05) is 25.1 Å². The van der Waals surface area contributed by atoms with Crippen LogP contribution in [0.2, 0.25) is 0 Å². The van der Waals surface area contributed by atoms with E-state index in [1.54, 1.807) is 0 Å². The number of nitrogens with zero attached hydrogens (tertiary/aromatic N) is 2. The lowest BCUT2D eigenvalue weighted by Crippen LogP contribution is -2.49. The molecule has 2 fully saturated rings. The van der Waals surface area contributed by atoms with Gasteiger partial charge in [0.25, 0.3) is 5.91 Å². The Morgan fingerprint density at radius 1 is 1.28 bits per heavy atom. The van der Waals surface area contributed by atoms with Crippen LogP contribution in [0.25, 0.3) is 0 Å². The van der Waals surface area contributed by atoms with Gasteiger partial charge in [0.1, 0.15) is 5.75 Å². The molecule has 0 saturated carbocycles. The topological polar surface area (TPSA) is 42.0 Å². The molecule has 5 heteroatoms. The second kappa shape index (κ2) is 8.68. The molecule has 138 valence electrons. The van der Waals surface area contributed by atoms with Crippen molar-refractivity contribution in [2.45, 2.75) is 32.2 Å². The van der Waals surface area contributed by atoms with E-state index in [1.165, 1.54) is 0 Å².